The van der Waals surface area contributed by atoms with Crippen LogP contribution in [-0.2, 0) is 16.4 Å². The third-order valence-corrected chi connectivity index (χ3v) is 5.89. The Morgan fingerprint density at radius 2 is 1.86 bits per heavy atom. The van der Waals surface area contributed by atoms with Crippen LogP contribution in [0.4, 0.5) is 0 Å². The predicted molar refractivity (Wildman–Crippen MR) is 91.5 cm³/mol. The van der Waals surface area contributed by atoms with Gasteiger partial charge in [0.1, 0.15) is 0 Å². The molecule has 1 unspecified atom stereocenters. The fraction of sp³-hybridized carbons (Fsp3) is 0.600. The number of hydrogen-bond donors (Lipinski definition) is 2. The zero-order valence-corrected chi connectivity index (χ0v) is 14.7. The molecule has 1 aromatic rings. The van der Waals surface area contributed by atoms with Gasteiger partial charge in [-0.25, -0.2) is 13.1 Å². The van der Waals surface area contributed by atoms with Crippen LogP contribution >= 0.6 is 11.8 Å². The molecular weight excluding hydrogens is 304 g/mol. The van der Waals surface area contributed by atoms with Crippen molar-refractivity contribution in [3.8, 4) is 0 Å². The first-order valence-electron chi connectivity index (χ1n) is 7.25. The second-order valence-corrected chi connectivity index (χ2v) is 8.13. The summed E-state index contributed by atoms with van der Waals surface area (Å²) in [4.78, 5) is 0.344. The minimum atomic E-state index is -3.38. The van der Waals surface area contributed by atoms with Crippen molar-refractivity contribution in [1.29, 1.82) is 0 Å². The molecule has 0 bridgehead atoms. The van der Waals surface area contributed by atoms with E-state index in [0.717, 1.165) is 25.8 Å². The number of nitrogens with one attached hydrogen (secondary N) is 2. The highest BCUT2D eigenvalue weighted by molar-refractivity contribution is 7.99. The van der Waals surface area contributed by atoms with Gasteiger partial charge in [-0.3, -0.25) is 0 Å². The summed E-state index contributed by atoms with van der Waals surface area (Å²) in [7, 11) is -1.45. The summed E-state index contributed by atoms with van der Waals surface area (Å²) in [6.07, 6.45) is 4.88. The first-order chi connectivity index (χ1) is 9.99. The fourth-order valence-corrected chi connectivity index (χ4v) is 3.30. The number of benzene rings is 1. The summed E-state index contributed by atoms with van der Waals surface area (Å²) < 4.78 is 27.0. The van der Waals surface area contributed by atoms with Gasteiger partial charge < -0.3 is 5.32 Å². The van der Waals surface area contributed by atoms with Crippen molar-refractivity contribution in [3.63, 3.8) is 0 Å². The number of hydrogen-bond acceptors (Lipinski definition) is 4. The van der Waals surface area contributed by atoms with Gasteiger partial charge in [0.15, 0.2) is 0 Å². The molecule has 0 aromatic heterocycles. The second-order valence-electron chi connectivity index (χ2n) is 5.08. The summed E-state index contributed by atoms with van der Waals surface area (Å²) in [6, 6.07) is 7.17. The van der Waals surface area contributed by atoms with Gasteiger partial charge in [-0.05, 0) is 56.8 Å². The average Bonchev–Trinajstić information content (AvgIpc) is 2.47. The van der Waals surface area contributed by atoms with Gasteiger partial charge in [0.2, 0.25) is 10.0 Å². The van der Waals surface area contributed by atoms with Crippen LogP contribution in [0.15, 0.2) is 29.2 Å². The Balaban J connectivity index is 2.54. The first-order valence-corrected chi connectivity index (χ1v) is 10.0. The smallest absolute Gasteiger partial charge is 0.240 e. The molecule has 0 radical (unpaired) electrons. The van der Waals surface area contributed by atoms with Gasteiger partial charge in [0.25, 0.3) is 0 Å². The lowest BCUT2D eigenvalue weighted by molar-refractivity contribution is 0.579. The Morgan fingerprint density at radius 3 is 2.43 bits per heavy atom. The zero-order valence-electron chi connectivity index (χ0n) is 13.1. The number of aryl methyl sites for hydroxylation is 1. The Labute approximate surface area is 133 Å². The largest absolute Gasteiger partial charge is 0.320 e. The molecule has 0 saturated heterocycles. The van der Waals surface area contributed by atoms with Crippen molar-refractivity contribution in [1.82, 2.24) is 10.0 Å². The quantitative estimate of drug-likeness (QED) is 0.646. The molecule has 0 amide bonds. The van der Waals surface area contributed by atoms with Crippen LogP contribution in [0.1, 0.15) is 25.3 Å². The van der Waals surface area contributed by atoms with Crippen molar-refractivity contribution in [2.24, 2.45) is 0 Å². The molecule has 0 saturated carbocycles. The highest BCUT2D eigenvalue weighted by atomic mass is 32.2. The lowest BCUT2D eigenvalue weighted by Gasteiger charge is -2.10. The van der Waals surface area contributed by atoms with Gasteiger partial charge in [0, 0.05) is 11.8 Å². The van der Waals surface area contributed by atoms with E-state index >= 15 is 0 Å². The summed E-state index contributed by atoms with van der Waals surface area (Å²) in [5.41, 5.74) is 1.17. The first kappa shape index (κ1) is 18.5. The molecule has 2 N–H and O–H groups in total. The maximum absolute atomic E-state index is 12.1. The monoisotopic (exact) mass is 330 g/mol. The van der Waals surface area contributed by atoms with Crippen LogP contribution in [-0.4, -0.2) is 40.1 Å². The van der Waals surface area contributed by atoms with Gasteiger partial charge >= 0.3 is 0 Å². The Morgan fingerprint density at radius 1 is 1.19 bits per heavy atom. The van der Waals surface area contributed by atoms with E-state index < -0.39 is 10.0 Å². The zero-order chi connectivity index (χ0) is 15.7. The van der Waals surface area contributed by atoms with Gasteiger partial charge in [0.05, 0.1) is 4.90 Å². The van der Waals surface area contributed by atoms with E-state index in [1.807, 2.05) is 25.4 Å². The second kappa shape index (κ2) is 9.46. The van der Waals surface area contributed by atoms with Crippen molar-refractivity contribution in [2.45, 2.75) is 36.3 Å². The van der Waals surface area contributed by atoms with Crippen LogP contribution < -0.4 is 10.0 Å². The summed E-state index contributed by atoms with van der Waals surface area (Å²) >= 11 is 1.74. The van der Waals surface area contributed by atoms with Gasteiger partial charge in [-0.2, -0.15) is 11.8 Å². The molecule has 1 atom stereocenters. The average molecular weight is 331 g/mol. The third-order valence-electron chi connectivity index (χ3n) is 3.37. The van der Waals surface area contributed by atoms with Crippen LogP contribution in [0.5, 0.6) is 0 Å². The van der Waals surface area contributed by atoms with Gasteiger partial charge in [-0.15, -0.1) is 0 Å². The third kappa shape index (κ3) is 6.82. The highest BCUT2D eigenvalue weighted by Crippen LogP contribution is 2.13. The SMILES string of the molecule is CNCCCc1ccc(S(=O)(=O)NCCC(C)SC)cc1. The Bertz CT molecular complexity index is 501. The Kier molecular flexibility index (Phi) is 8.33. The molecule has 1 rings (SSSR count). The number of rotatable bonds is 10. The number of thioether (sulfide) groups is 1. The molecule has 0 spiro atoms. The van der Waals surface area contributed by atoms with E-state index in [2.05, 4.69) is 17.0 Å². The molecule has 0 aliphatic rings. The Hall–Kier alpha value is -0.560. The van der Waals surface area contributed by atoms with Crippen LogP contribution in [0.3, 0.4) is 0 Å². The summed E-state index contributed by atoms with van der Waals surface area (Å²) in [6.45, 7) is 3.54. The molecule has 0 fully saturated rings. The molecule has 0 aliphatic carbocycles. The molecule has 6 heteroatoms. The van der Waals surface area contributed by atoms with Crippen LogP contribution in [0.25, 0.3) is 0 Å². The van der Waals surface area contributed by atoms with Crippen molar-refractivity contribution in [2.75, 3.05) is 26.4 Å². The molecule has 120 valence electrons. The van der Waals surface area contributed by atoms with E-state index in [4.69, 9.17) is 0 Å². The van der Waals surface area contributed by atoms with E-state index in [-0.39, 0.29) is 0 Å². The lowest BCUT2D eigenvalue weighted by Crippen LogP contribution is -2.26. The van der Waals surface area contributed by atoms with E-state index in [1.54, 1.807) is 23.9 Å². The van der Waals surface area contributed by atoms with Crippen molar-refractivity contribution < 1.29 is 8.42 Å². The predicted octanol–water partition coefficient (Wildman–Crippen LogP) is 2.26. The van der Waals surface area contributed by atoms with Crippen LogP contribution in [0, 0.1) is 0 Å². The topological polar surface area (TPSA) is 58.2 Å². The lowest BCUT2D eigenvalue weighted by atomic mass is 10.1. The van der Waals surface area contributed by atoms with Gasteiger partial charge in [-0.1, -0.05) is 19.1 Å². The maximum atomic E-state index is 12.1. The van der Waals surface area contributed by atoms with E-state index in [9.17, 15) is 8.42 Å². The minimum Gasteiger partial charge on any atom is -0.320 e. The van der Waals surface area contributed by atoms with E-state index in [0.29, 0.717) is 16.7 Å². The standard InChI is InChI=1S/C15H26N2O2S2/c1-13(20-3)10-12-17-21(18,19)15-8-6-14(7-9-15)5-4-11-16-2/h6-9,13,16-17H,4-5,10-12H2,1-3H3. The maximum Gasteiger partial charge on any atom is 0.240 e. The molecule has 4 nitrogen and oxygen atoms in total. The fourth-order valence-electron chi connectivity index (χ4n) is 1.90. The van der Waals surface area contributed by atoms with Crippen molar-refractivity contribution >= 4 is 21.8 Å². The molecule has 21 heavy (non-hydrogen) atoms. The summed E-state index contributed by atoms with van der Waals surface area (Å²) in [5, 5.41) is 3.56. The minimum absolute atomic E-state index is 0.344. The van der Waals surface area contributed by atoms with Crippen molar-refractivity contribution in [3.05, 3.63) is 29.8 Å². The normalized spacial score (nSPS) is 13.3. The summed E-state index contributed by atoms with van der Waals surface area (Å²) in [5.74, 6) is 0. The number of sulfonamides is 1. The molecule has 1 aromatic carbocycles. The molecule has 0 aliphatic heterocycles. The van der Waals surface area contributed by atoms with E-state index in [1.165, 1.54) is 5.56 Å². The van der Waals surface area contributed by atoms with Crippen LogP contribution in [0.2, 0.25) is 0 Å². The molecular formula is C15H26N2O2S2. The highest BCUT2D eigenvalue weighted by Gasteiger charge is 2.13. The molecule has 0 heterocycles.